The van der Waals surface area contributed by atoms with Crippen LogP contribution in [-0.2, 0) is 31.0 Å². The van der Waals surface area contributed by atoms with Crippen molar-refractivity contribution in [2.45, 2.75) is 37.5 Å². The first-order valence-electron chi connectivity index (χ1n) is 17.3. The Kier molecular flexibility index (Phi) is 8.03. The highest BCUT2D eigenvalue weighted by Crippen LogP contribution is 2.64. The maximum absolute atomic E-state index is 15.2. The largest absolute Gasteiger partial charge is 0.507 e. The van der Waals surface area contributed by atoms with Crippen molar-refractivity contribution in [3.63, 3.8) is 0 Å². The molecule has 254 valence electrons. The van der Waals surface area contributed by atoms with Crippen LogP contribution in [0, 0.1) is 30.6 Å². The number of aryl methyl sites for hydroxylation is 1. The summed E-state index contributed by atoms with van der Waals surface area (Å²) in [5, 5.41) is 12.4. The minimum Gasteiger partial charge on any atom is -0.507 e. The molecule has 3 aliphatic carbocycles. The van der Waals surface area contributed by atoms with E-state index in [2.05, 4.69) is 6.58 Å². The number of phenolic OH excluding ortho intramolecular Hbond substituents is 1. The number of carbonyl (C=O) groups is 4. The summed E-state index contributed by atoms with van der Waals surface area (Å²) in [6, 6.07) is 29.2. The number of anilines is 1. The highest BCUT2D eigenvalue weighted by atomic mass is 35.5. The molecule has 4 aliphatic rings. The van der Waals surface area contributed by atoms with Crippen LogP contribution in [0.5, 0.6) is 5.75 Å². The lowest BCUT2D eigenvalue weighted by molar-refractivity contribution is -0.135. The van der Waals surface area contributed by atoms with Gasteiger partial charge in [0.05, 0.1) is 22.9 Å². The molecule has 0 radical (unpaired) electrons. The van der Waals surface area contributed by atoms with Gasteiger partial charge in [-0.2, -0.15) is 0 Å². The predicted octanol–water partition coefficient (Wildman–Crippen LogP) is 8.11. The Bertz CT molecular complexity index is 2210. The van der Waals surface area contributed by atoms with E-state index in [1.807, 2.05) is 91.9 Å². The number of rotatable bonds is 6. The van der Waals surface area contributed by atoms with Gasteiger partial charge in [-0.1, -0.05) is 114 Å². The summed E-state index contributed by atoms with van der Waals surface area (Å²) < 4.78 is 0. The number of halogens is 1. The summed E-state index contributed by atoms with van der Waals surface area (Å²) in [7, 11) is 0. The fraction of sp³-hybridized carbons (Fsp3) is 0.227. The second-order valence-electron chi connectivity index (χ2n) is 14.1. The quantitative estimate of drug-likeness (QED) is 0.163. The van der Waals surface area contributed by atoms with Crippen LogP contribution in [0.3, 0.4) is 0 Å². The van der Waals surface area contributed by atoms with Crippen molar-refractivity contribution < 1.29 is 24.3 Å². The molecule has 2 amide bonds. The average molecular weight is 694 g/mol. The number of para-hydroxylation sites is 1. The molecule has 1 aliphatic heterocycles. The zero-order valence-corrected chi connectivity index (χ0v) is 28.8. The molecule has 4 aromatic carbocycles. The summed E-state index contributed by atoms with van der Waals surface area (Å²) in [6.07, 6.45) is 6.06. The number of hydrogen-bond donors (Lipinski definition) is 1. The topological polar surface area (TPSA) is 91.8 Å². The lowest BCUT2D eigenvalue weighted by Gasteiger charge is -2.55. The number of fused-ring (bicyclic) bond motifs is 4. The molecule has 2 fully saturated rings. The summed E-state index contributed by atoms with van der Waals surface area (Å²) >= 11 is 6.47. The van der Waals surface area contributed by atoms with Gasteiger partial charge in [0.15, 0.2) is 11.6 Å². The Morgan fingerprint density at radius 1 is 0.902 bits per heavy atom. The zero-order chi connectivity index (χ0) is 35.6. The third-order valence-corrected chi connectivity index (χ3v) is 12.0. The Morgan fingerprint density at radius 2 is 1.63 bits per heavy atom. The van der Waals surface area contributed by atoms with E-state index in [-0.39, 0.29) is 42.0 Å². The maximum Gasteiger partial charge on any atom is 0.238 e. The van der Waals surface area contributed by atoms with E-state index in [4.69, 9.17) is 11.6 Å². The number of amides is 2. The van der Waals surface area contributed by atoms with Gasteiger partial charge < -0.3 is 5.11 Å². The fourth-order valence-corrected chi connectivity index (χ4v) is 9.53. The average Bonchev–Trinajstić information content (AvgIpc) is 3.40. The molecule has 0 aromatic heterocycles. The monoisotopic (exact) mass is 693 g/mol. The minimum atomic E-state index is -1.42. The molecular weight excluding hydrogens is 658 g/mol. The molecule has 51 heavy (non-hydrogen) atoms. The van der Waals surface area contributed by atoms with Crippen LogP contribution in [0.1, 0.15) is 46.6 Å². The van der Waals surface area contributed by atoms with Crippen LogP contribution in [-0.4, -0.2) is 28.5 Å². The molecule has 1 saturated heterocycles. The number of Topliss-reactive ketones (excluding diaryl/α,β-unsaturated/α-hetero) is 1. The number of aromatic hydroxyl groups is 1. The van der Waals surface area contributed by atoms with Crippen LogP contribution >= 0.6 is 11.6 Å². The Balaban J connectivity index is 1.37. The summed E-state index contributed by atoms with van der Waals surface area (Å²) in [5.41, 5.74) is 3.40. The molecule has 0 bridgehead atoms. The van der Waals surface area contributed by atoms with Crippen LogP contribution in [0.4, 0.5) is 5.69 Å². The molecule has 4 aromatic rings. The molecular formula is C44H36ClNO5. The lowest BCUT2D eigenvalue weighted by atomic mass is 9.44. The van der Waals surface area contributed by atoms with Crippen molar-refractivity contribution in [3.8, 4) is 5.75 Å². The van der Waals surface area contributed by atoms with Gasteiger partial charge in [0.1, 0.15) is 5.75 Å². The van der Waals surface area contributed by atoms with E-state index >= 15 is 9.59 Å². The Hall–Kier alpha value is -5.33. The van der Waals surface area contributed by atoms with Crippen LogP contribution in [0.15, 0.2) is 127 Å². The number of allylic oxidation sites excluding steroid dienone is 5. The third-order valence-electron chi connectivity index (χ3n) is 11.6. The van der Waals surface area contributed by atoms with E-state index in [9.17, 15) is 14.7 Å². The molecule has 0 spiro atoms. The van der Waals surface area contributed by atoms with Gasteiger partial charge in [-0.25, -0.2) is 4.90 Å². The van der Waals surface area contributed by atoms with Crippen molar-refractivity contribution in [1.82, 2.24) is 0 Å². The van der Waals surface area contributed by atoms with E-state index in [0.717, 1.165) is 11.1 Å². The maximum atomic E-state index is 15.2. The number of nitrogens with zero attached hydrogens (tertiary/aromatic N) is 1. The SMILES string of the molecule is C=CCc1cccc([C@H]2C3=CC[C@@H]4C(=O)N(c5ccc(C)c(Cl)c5)C(=O)[C@@H]4[C@@H]3C[C@H]3C(=O)C(c4ccccc4)=CC(=O)[C@@]23c2ccccc2)c1O. The fourth-order valence-electron chi connectivity index (χ4n) is 9.36. The van der Waals surface area contributed by atoms with Gasteiger partial charge in [0.25, 0.3) is 0 Å². The van der Waals surface area contributed by atoms with Gasteiger partial charge in [-0.05, 0) is 72.6 Å². The third kappa shape index (κ3) is 4.84. The highest BCUT2D eigenvalue weighted by molar-refractivity contribution is 6.33. The first-order chi connectivity index (χ1) is 24.7. The highest BCUT2D eigenvalue weighted by Gasteiger charge is 2.66. The van der Waals surface area contributed by atoms with Gasteiger partial charge in [-0.15, -0.1) is 6.58 Å². The van der Waals surface area contributed by atoms with Gasteiger partial charge in [-0.3, -0.25) is 19.2 Å². The van der Waals surface area contributed by atoms with Crippen molar-refractivity contribution in [3.05, 3.63) is 160 Å². The van der Waals surface area contributed by atoms with Gasteiger partial charge in [0.2, 0.25) is 11.8 Å². The number of imide groups is 1. The number of benzene rings is 4. The normalized spacial score (nSPS) is 26.9. The van der Waals surface area contributed by atoms with Gasteiger partial charge >= 0.3 is 0 Å². The molecule has 6 atom stereocenters. The summed E-state index contributed by atoms with van der Waals surface area (Å²) in [4.78, 5) is 60.3. The molecule has 8 rings (SSSR count). The number of carbonyl (C=O) groups excluding carboxylic acids is 4. The predicted molar refractivity (Wildman–Crippen MR) is 197 cm³/mol. The first kappa shape index (κ1) is 32.9. The smallest absolute Gasteiger partial charge is 0.238 e. The number of phenols is 1. The summed E-state index contributed by atoms with van der Waals surface area (Å²) in [6.45, 7) is 5.73. The van der Waals surface area contributed by atoms with E-state index < -0.39 is 35.0 Å². The zero-order valence-electron chi connectivity index (χ0n) is 28.1. The molecule has 1 saturated carbocycles. The van der Waals surface area contributed by atoms with Crippen molar-refractivity contribution in [2.24, 2.45) is 23.7 Å². The van der Waals surface area contributed by atoms with Crippen molar-refractivity contribution in [2.75, 3.05) is 4.90 Å². The van der Waals surface area contributed by atoms with E-state index in [0.29, 0.717) is 45.0 Å². The van der Waals surface area contributed by atoms with E-state index in [1.54, 1.807) is 24.3 Å². The molecule has 1 heterocycles. The second kappa shape index (κ2) is 12.5. The number of hydrogen-bond acceptors (Lipinski definition) is 5. The molecule has 7 heteroatoms. The van der Waals surface area contributed by atoms with Gasteiger partial charge in [0, 0.05) is 28.0 Å². The molecule has 0 unspecified atom stereocenters. The molecule has 1 N–H and O–H groups in total. The van der Waals surface area contributed by atoms with Crippen LogP contribution in [0.2, 0.25) is 5.02 Å². The standard InChI is InChI=1S/C44H36ClNO5/c1-3-11-27-14-10-17-32(40(27)48)39-30-20-21-31-38(43(51)46(42(31)50)29-19-18-25(2)36(45)22-29)34(30)23-35-41(49)33(26-12-6-4-7-13-26)24-37(47)44(35,39)28-15-8-5-9-16-28/h3-10,12-20,22,24,31,34-35,38-39,48H,1,11,21,23H2,2H3/t31-,34+,35-,38-,39+,44-/m0/s1. The van der Waals surface area contributed by atoms with E-state index in [1.165, 1.54) is 11.0 Å². The van der Waals surface area contributed by atoms with Crippen LogP contribution in [0.25, 0.3) is 5.57 Å². The summed E-state index contributed by atoms with van der Waals surface area (Å²) in [5.74, 6) is -4.70. The van der Waals surface area contributed by atoms with Crippen LogP contribution < -0.4 is 4.90 Å². The number of ketones is 2. The minimum absolute atomic E-state index is 0.0305. The second-order valence-corrected chi connectivity index (χ2v) is 14.5. The lowest BCUT2D eigenvalue weighted by Crippen LogP contribution is -2.58. The Morgan fingerprint density at radius 3 is 2.33 bits per heavy atom. The van der Waals surface area contributed by atoms with Crippen molar-refractivity contribution in [1.29, 1.82) is 0 Å². The Labute approximate surface area is 301 Å². The van der Waals surface area contributed by atoms with Crippen molar-refractivity contribution >= 4 is 46.2 Å². The molecule has 6 nitrogen and oxygen atoms in total. The first-order valence-corrected chi connectivity index (χ1v) is 17.7.